The molecule has 21 heavy (non-hydrogen) atoms. The van der Waals surface area contributed by atoms with Gasteiger partial charge in [-0.05, 0) is 43.9 Å². The van der Waals surface area contributed by atoms with E-state index in [0.717, 1.165) is 45.6 Å². The molecule has 2 aliphatic heterocycles. The van der Waals surface area contributed by atoms with E-state index in [1.54, 1.807) is 0 Å². The molecule has 1 atom stereocenters. The second-order valence-corrected chi connectivity index (χ2v) is 6.10. The highest BCUT2D eigenvalue weighted by Gasteiger charge is 2.30. The molecule has 2 saturated heterocycles. The van der Waals surface area contributed by atoms with E-state index in [-0.39, 0.29) is 12.0 Å². The summed E-state index contributed by atoms with van der Waals surface area (Å²) in [4.78, 5) is 16.7. The van der Waals surface area contributed by atoms with Crippen molar-refractivity contribution in [1.29, 1.82) is 0 Å². The van der Waals surface area contributed by atoms with E-state index in [1.807, 2.05) is 4.90 Å². The van der Waals surface area contributed by atoms with Gasteiger partial charge in [0, 0.05) is 38.5 Å². The number of amides is 1. The molecule has 0 bridgehead atoms. The summed E-state index contributed by atoms with van der Waals surface area (Å²) in [6.45, 7) is 8.42. The fourth-order valence-electron chi connectivity index (χ4n) is 3.20. The maximum Gasteiger partial charge on any atom is 0.251 e. The topological polar surface area (TPSA) is 32.8 Å². The molecule has 0 N–H and O–H groups in total. The predicted molar refractivity (Wildman–Crippen MR) is 83.7 cm³/mol. The first kappa shape index (κ1) is 14.4. The highest BCUT2D eigenvalue weighted by Crippen LogP contribution is 2.23. The van der Waals surface area contributed by atoms with Gasteiger partial charge in [0.25, 0.3) is 5.91 Å². The first-order valence-electron chi connectivity index (χ1n) is 7.88. The average molecular weight is 288 g/mol. The highest BCUT2D eigenvalue weighted by atomic mass is 16.5. The second kappa shape index (κ2) is 6.06. The van der Waals surface area contributed by atoms with Crippen LogP contribution in [0.5, 0.6) is 0 Å². The lowest BCUT2D eigenvalue weighted by molar-refractivity contribution is -0.141. The fraction of sp³-hybridized carbons (Fsp3) is 0.588. The van der Waals surface area contributed by atoms with Gasteiger partial charge in [-0.2, -0.15) is 0 Å². The largest absolute Gasteiger partial charge is 0.368 e. The number of nitrogens with zero attached hydrogens (tertiary/aromatic N) is 2. The van der Waals surface area contributed by atoms with Crippen LogP contribution in [0, 0.1) is 13.8 Å². The number of hydrogen-bond acceptors (Lipinski definition) is 3. The molecule has 4 nitrogen and oxygen atoms in total. The molecule has 1 unspecified atom stereocenters. The van der Waals surface area contributed by atoms with E-state index in [9.17, 15) is 4.79 Å². The summed E-state index contributed by atoms with van der Waals surface area (Å²) >= 11 is 0. The Hall–Kier alpha value is -1.55. The molecule has 1 aromatic carbocycles. The van der Waals surface area contributed by atoms with Crippen LogP contribution in [0.3, 0.4) is 0 Å². The molecule has 1 amide bonds. The van der Waals surface area contributed by atoms with E-state index >= 15 is 0 Å². The predicted octanol–water partition coefficient (Wildman–Crippen LogP) is 2.13. The third-order valence-electron chi connectivity index (χ3n) is 4.50. The molecule has 3 rings (SSSR count). The van der Waals surface area contributed by atoms with Crippen LogP contribution in [0.25, 0.3) is 0 Å². The van der Waals surface area contributed by atoms with Gasteiger partial charge in [0.15, 0.2) is 0 Å². The van der Waals surface area contributed by atoms with Gasteiger partial charge in [-0.1, -0.05) is 12.1 Å². The van der Waals surface area contributed by atoms with Gasteiger partial charge in [0.05, 0.1) is 0 Å². The maximum absolute atomic E-state index is 12.3. The van der Waals surface area contributed by atoms with E-state index in [1.165, 1.54) is 16.8 Å². The minimum Gasteiger partial charge on any atom is -0.368 e. The number of anilines is 1. The molecule has 2 aliphatic rings. The first-order chi connectivity index (χ1) is 10.1. The maximum atomic E-state index is 12.3. The zero-order chi connectivity index (χ0) is 14.8. The molecular formula is C17H24N2O2. The SMILES string of the molecule is Cc1ccc(C)c(N2CCN(C(=O)C3CCCO3)CC2)c1. The molecule has 0 spiro atoms. The van der Waals surface area contributed by atoms with Crippen LogP contribution < -0.4 is 4.90 Å². The molecule has 0 saturated carbocycles. The summed E-state index contributed by atoms with van der Waals surface area (Å²) in [6, 6.07) is 6.57. The number of ether oxygens (including phenoxy) is 1. The Kier molecular flexibility index (Phi) is 4.15. The number of hydrogen-bond donors (Lipinski definition) is 0. The van der Waals surface area contributed by atoms with Crippen LogP contribution in [0.15, 0.2) is 18.2 Å². The lowest BCUT2D eigenvalue weighted by Gasteiger charge is -2.37. The third kappa shape index (κ3) is 3.05. The zero-order valence-electron chi connectivity index (χ0n) is 13.0. The van der Waals surface area contributed by atoms with Crippen LogP contribution in [-0.2, 0) is 9.53 Å². The normalized spacial score (nSPS) is 22.7. The summed E-state index contributed by atoms with van der Waals surface area (Å²) in [5.74, 6) is 0.188. The minimum atomic E-state index is -0.183. The first-order valence-corrected chi connectivity index (χ1v) is 7.88. The van der Waals surface area contributed by atoms with Crippen molar-refractivity contribution in [2.75, 3.05) is 37.7 Å². The fourth-order valence-corrected chi connectivity index (χ4v) is 3.20. The standard InChI is InChI=1S/C17H24N2O2/c1-13-5-6-14(2)15(12-13)18-7-9-19(10-8-18)17(20)16-4-3-11-21-16/h5-6,12,16H,3-4,7-11H2,1-2H3. The van der Waals surface area contributed by atoms with Crippen LogP contribution >= 0.6 is 0 Å². The minimum absolute atomic E-state index is 0.183. The summed E-state index contributed by atoms with van der Waals surface area (Å²) < 4.78 is 5.51. The molecule has 2 heterocycles. The van der Waals surface area contributed by atoms with Gasteiger partial charge in [-0.3, -0.25) is 4.79 Å². The van der Waals surface area contributed by atoms with Crippen molar-refractivity contribution in [1.82, 2.24) is 4.90 Å². The van der Waals surface area contributed by atoms with Crippen molar-refractivity contribution in [3.8, 4) is 0 Å². The number of rotatable bonds is 2. The van der Waals surface area contributed by atoms with Crippen molar-refractivity contribution in [3.05, 3.63) is 29.3 Å². The van der Waals surface area contributed by atoms with Crippen molar-refractivity contribution in [2.24, 2.45) is 0 Å². The van der Waals surface area contributed by atoms with Crippen LogP contribution in [-0.4, -0.2) is 49.7 Å². The van der Waals surface area contributed by atoms with Gasteiger partial charge in [-0.25, -0.2) is 0 Å². The Morgan fingerprint density at radius 2 is 1.95 bits per heavy atom. The molecule has 1 aromatic rings. The van der Waals surface area contributed by atoms with Crippen molar-refractivity contribution >= 4 is 11.6 Å². The van der Waals surface area contributed by atoms with Gasteiger partial charge in [-0.15, -0.1) is 0 Å². The molecule has 4 heteroatoms. The van der Waals surface area contributed by atoms with Crippen molar-refractivity contribution in [3.63, 3.8) is 0 Å². The van der Waals surface area contributed by atoms with Gasteiger partial charge >= 0.3 is 0 Å². The monoisotopic (exact) mass is 288 g/mol. The van der Waals surface area contributed by atoms with Crippen molar-refractivity contribution in [2.45, 2.75) is 32.8 Å². The molecule has 114 valence electrons. The second-order valence-electron chi connectivity index (χ2n) is 6.10. The molecule has 0 aliphatic carbocycles. The zero-order valence-corrected chi connectivity index (χ0v) is 13.0. The molecule has 2 fully saturated rings. The molecule has 0 aromatic heterocycles. The molecule has 0 radical (unpaired) electrons. The van der Waals surface area contributed by atoms with Gasteiger partial charge in [0.1, 0.15) is 6.10 Å². The smallest absolute Gasteiger partial charge is 0.251 e. The average Bonchev–Trinajstić information content (AvgIpc) is 3.03. The Morgan fingerprint density at radius 3 is 2.62 bits per heavy atom. The Bertz CT molecular complexity index is 516. The van der Waals surface area contributed by atoms with E-state index in [4.69, 9.17) is 4.74 Å². The van der Waals surface area contributed by atoms with E-state index in [0.29, 0.717) is 0 Å². The summed E-state index contributed by atoms with van der Waals surface area (Å²) in [5, 5.41) is 0. The van der Waals surface area contributed by atoms with Crippen molar-refractivity contribution < 1.29 is 9.53 Å². The Labute approximate surface area is 126 Å². The quantitative estimate of drug-likeness (QED) is 0.836. The Balaban J connectivity index is 1.62. The van der Waals surface area contributed by atoms with Crippen LogP contribution in [0.2, 0.25) is 0 Å². The van der Waals surface area contributed by atoms with E-state index < -0.39 is 0 Å². The lowest BCUT2D eigenvalue weighted by Crippen LogP contribution is -2.51. The Morgan fingerprint density at radius 1 is 1.19 bits per heavy atom. The number of benzene rings is 1. The number of carbonyl (C=O) groups excluding carboxylic acids is 1. The number of aryl methyl sites for hydroxylation is 2. The summed E-state index contributed by atoms with van der Waals surface area (Å²) in [7, 11) is 0. The third-order valence-corrected chi connectivity index (χ3v) is 4.50. The summed E-state index contributed by atoms with van der Waals surface area (Å²) in [5.41, 5.74) is 3.90. The van der Waals surface area contributed by atoms with E-state index in [2.05, 4.69) is 36.9 Å². The summed E-state index contributed by atoms with van der Waals surface area (Å²) in [6.07, 6.45) is 1.71. The number of carbonyl (C=O) groups is 1. The van der Waals surface area contributed by atoms with Gasteiger partial charge in [0.2, 0.25) is 0 Å². The number of piperazine rings is 1. The van der Waals surface area contributed by atoms with Gasteiger partial charge < -0.3 is 14.5 Å². The van der Waals surface area contributed by atoms with Crippen LogP contribution in [0.1, 0.15) is 24.0 Å². The molecular weight excluding hydrogens is 264 g/mol. The lowest BCUT2D eigenvalue weighted by atomic mass is 10.1. The highest BCUT2D eigenvalue weighted by molar-refractivity contribution is 5.81. The van der Waals surface area contributed by atoms with Crippen LogP contribution in [0.4, 0.5) is 5.69 Å².